The van der Waals surface area contributed by atoms with Gasteiger partial charge in [0, 0.05) is 21.7 Å². The number of ether oxygens (including phenoxy) is 5. The Balaban J connectivity index is 0.000000723. The molecule has 0 bridgehead atoms. The SMILES string of the molecule is CC(C)(C)c1ccc([N+](=O)[O-])cc1F.CC(C)(C)c1cccc(OCCO)c1Cl.COc1ccc(Cl)c(C(C)(C)C)c1.COc1ccc(F)c(C(C)(C)C)c1.COc1ccc(F)c(C(C)(C)C)c1Cl.COc1cccc(C(C)(C)C)c1Cl.Cc1c(F)cccc1C(C)(C)C.Cc1cc(F)ccc1C(C)(C)C.Cc1ccc(Cl)c(C(C)(C)C)c1.Cc1ccc(F)cc1C(C)(C)C. The maximum absolute atomic E-state index is 13.5. The lowest BCUT2D eigenvalue weighted by Gasteiger charge is -2.22. The molecule has 9 nitrogen and oxygen atoms in total. The molecule has 10 rings (SSSR count). The normalized spacial score (nSPS) is 11.6. The van der Waals surface area contributed by atoms with Crippen LogP contribution in [0.4, 0.5) is 32.0 Å². The maximum Gasteiger partial charge on any atom is 0.272 e. The fourth-order valence-corrected chi connectivity index (χ4v) is 15.4. The number of benzene rings is 10. The van der Waals surface area contributed by atoms with Crippen molar-refractivity contribution in [2.24, 2.45) is 0 Å². The van der Waals surface area contributed by atoms with E-state index in [-0.39, 0.29) is 102 Å². The Kier molecular flexibility index (Phi) is 47.1. The molecular formula is C110H148Cl5F6NO8. The Morgan fingerprint density at radius 1 is 0.315 bits per heavy atom. The monoisotopic (exact) mass is 1900 g/mol. The van der Waals surface area contributed by atoms with Crippen LogP contribution < -0.4 is 23.7 Å². The van der Waals surface area contributed by atoms with Gasteiger partial charge in [0.2, 0.25) is 0 Å². The number of aryl methyl sites for hydroxylation is 3. The molecule has 0 radical (unpaired) electrons. The van der Waals surface area contributed by atoms with Crippen LogP contribution in [0.2, 0.25) is 25.1 Å². The van der Waals surface area contributed by atoms with Crippen LogP contribution in [0.3, 0.4) is 0 Å². The standard InChI is InChI=1S/C12H17ClO2.C11H14ClFO.2C11H15ClO.C11H15Cl.C11H15FO.3C11H15F.C10H12FNO2/c1-12(2,3)9-5-4-6-10(11(9)13)15-8-7-14;1-11(2,3)9-7(13)5-6-8(14-4)10(9)12;1-11(2,3)9-7-8(13-4)5-6-10(9)12;1-11(2,3)8-6-5-7-9(13-4)10(8)12;1-8-5-6-10(12)9(7-8)11(2,3)4;1-11(2,3)9-7-8(13-4)5-6-10(9)12;1-8-7-9(12)5-6-10(8)11(2,3)4;1-8-5-6-9(12)7-10(8)11(2,3)4;1-8-9(11(2,3)4)6-5-7-10(8)12;1-10(2,3)8-5-4-7(12(13)14)6-9(8)11/h4-6,14H,7-8H2,1-3H3;5-6H,1-4H3;2*5-7H,1-4H3;5-7H,1-4H3;5-7H,1-4H3;3*5-7H,1-4H3;4-6H,1-3H3. The first-order chi connectivity index (χ1) is 59.2. The number of rotatable bonds is 8. The van der Waals surface area contributed by atoms with Crippen molar-refractivity contribution in [2.45, 2.75) is 290 Å². The van der Waals surface area contributed by atoms with Gasteiger partial charge in [-0.05, 0) is 252 Å². The number of aliphatic hydroxyl groups is 1. The second kappa shape index (κ2) is 51.2. The van der Waals surface area contributed by atoms with Crippen molar-refractivity contribution in [3.05, 3.63) is 324 Å². The van der Waals surface area contributed by atoms with Gasteiger partial charge >= 0.3 is 0 Å². The van der Waals surface area contributed by atoms with Crippen LogP contribution in [0, 0.1) is 72.7 Å². The number of hydrogen-bond donors (Lipinski definition) is 1. The minimum atomic E-state index is -0.602. The molecule has 0 spiro atoms. The first-order valence-corrected chi connectivity index (χ1v) is 45.1. The number of nitro benzene ring substituents is 1. The fraction of sp³-hybridized carbons (Fsp3) is 0.455. The second-order valence-electron chi connectivity index (χ2n) is 41.9. The molecule has 0 aromatic heterocycles. The zero-order valence-electron chi connectivity index (χ0n) is 84.6. The Bertz CT molecular complexity index is 5070. The molecule has 10 aromatic rings. The predicted molar refractivity (Wildman–Crippen MR) is 541 cm³/mol. The molecule has 0 saturated carbocycles. The molecule has 1 N–H and O–H groups in total. The highest BCUT2D eigenvalue weighted by Gasteiger charge is 2.28. The Morgan fingerprint density at radius 3 is 1.10 bits per heavy atom. The molecular weight excluding hydrogens is 1750 g/mol. The number of hydrogen-bond acceptors (Lipinski definition) is 8. The van der Waals surface area contributed by atoms with Gasteiger partial charge in [-0.15, -0.1) is 0 Å². The summed E-state index contributed by atoms with van der Waals surface area (Å²) in [6.07, 6.45) is 0. The van der Waals surface area contributed by atoms with Gasteiger partial charge in [0.05, 0.1) is 61.1 Å². The highest BCUT2D eigenvalue weighted by molar-refractivity contribution is 6.34. The highest BCUT2D eigenvalue weighted by atomic mass is 35.5. The van der Waals surface area contributed by atoms with E-state index in [2.05, 4.69) is 158 Å². The summed E-state index contributed by atoms with van der Waals surface area (Å²) in [6, 6.07) is 50.2. The van der Waals surface area contributed by atoms with Crippen LogP contribution in [0.25, 0.3) is 0 Å². The fourth-order valence-electron chi connectivity index (χ4n) is 13.1. The molecule has 718 valence electrons. The Morgan fingerprint density at radius 2 is 0.700 bits per heavy atom. The molecule has 0 aliphatic rings. The maximum atomic E-state index is 13.5. The highest BCUT2D eigenvalue weighted by Crippen LogP contribution is 2.41. The summed E-state index contributed by atoms with van der Waals surface area (Å²) in [5, 5.41) is 22.4. The van der Waals surface area contributed by atoms with Gasteiger partial charge in [-0.25, -0.2) is 26.3 Å². The zero-order chi connectivity index (χ0) is 101. The molecule has 0 heterocycles. The van der Waals surface area contributed by atoms with E-state index in [0.29, 0.717) is 44.0 Å². The third kappa shape index (κ3) is 40.2. The van der Waals surface area contributed by atoms with Crippen LogP contribution >= 0.6 is 58.0 Å². The smallest absolute Gasteiger partial charge is 0.272 e. The lowest BCUT2D eigenvalue weighted by atomic mass is 9.84. The Labute approximate surface area is 802 Å². The van der Waals surface area contributed by atoms with Crippen molar-refractivity contribution in [1.82, 2.24) is 0 Å². The van der Waals surface area contributed by atoms with E-state index in [9.17, 15) is 36.5 Å². The van der Waals surface area contributed by atoms with Crippen LogP contribution in [0.15, 0.2) is 176 Å². The quantitative estimate of drug-likeness (QED) is 0.0910. The molecule has 0 saturated heterocycles. The Hall–Kier alpha value is -8.41. The van der Waals surface area contributed by atoms with Crippen molar-refractivity contribution in [1.29, 1.82) is 0 Å². The number of halogens is 11. The van der Waals surface area contributed by atoms with Gasteiger partial charge in [0.25, 0.3) is 5.69 Å². The minimum absolute atomic E-state index is 0.00389. The lowest BCUT2D eigenvalue weighted by Crippen LogP contribution is -2.14. The van der Waals surface area contributed by atoms with Gasteiger partial charge in [0.15, 0.2) is 0 Å². The first-order valence-electron chi connectivity index (χ1n) is 43.2. The van der Waals surface area contributed by atoms with Crippen molar-refractivity contribution in [2.75, 3.05) is 41.7 Å². The molecule has 0 aliphatic carbocycles. The van der Waals surface area contributed by atoms with E-state index in [1.807, 2.05) is 168 Å². The lowest BCUT2D eigenvalue weighted by molar-refractivity contribution is -0.385. The summed E-state index contributed by atoms with van der Waals surface area (Å²) >= 11 is 30.6. The van der Waals surface area contributed by atoms with Crippen molar-refractivity contribution >= 4 is 63.7 Å². The number of aliphatic hydroxyl groups excluding tert-OH is 1. The molecule has 10 aromatic carbocycles. The summed E-state index contributed by atoms with van der Waals surface area (Å²) in [5.41, 5.74) is 13.2. The van der Waals surface area contributed by atoms with Gasteiger partial charge in [-0.2, -0.15) is 0 Å². The average molecular weight is 1900 g/mol. The second-order valence-corrected chi connectivity index (χ2v) is 43.8. The molecule has 0 unspecified atom stereocenters. The molecule has 130 heavy (non-hydrogen) atoms. The number of nitro groups is 1. The molecule has 0 fully saturated rings. The van der Waals surface area contributed by atoms with E-state index in [4.69, 9.17) is 86.8 Å². The van der Waals surface area contributed by atoms with E-state index < -0.39 is 10.7 Å². The number of methoxy groups -OCH3 is 4. The van der Waals surface area contributed by atoms with E-state index >= 15 is 0 Å². The molecule has 20 heteroatoms. The summed E-state index contributed by atoms with van der Waals surface area (Å²) in [6.45, 7) is 70.0. The van der Waals surface area contributed by atoms with E-state index in [1.165, 1.54) is 72.3 Å². The number of nitrogens with zero attached hydrogens (tertiary/aromatic N) is 1. The topological polar surface area (TPSA) is 110 Å². The van der Waals surface area contributed by atoms with Crippen LogP contribution in [0.5, 0.6) is 28.7 Å². The van der Waals surface area contributed by atoms with Gasteiger partial charge in [0.1, 0.15) is 70.3 Å². The van der Waals surface area contributed by atoms with Crippen LogP contribution in [-0.4, -0.2) is 51.7 Å². The summed E-state index contributed by atoms with van der Waals surface area (Å²) in [7, 11) is 6.40. The van der Waals surface area contributed by atoms with Crippen molar-refractivity contribution in [3.63, 3.8) is 0 Å². The van der Waals surface area contributed by atoms with Gasteiger partial charge < -0.3 is 28.8 Å². The summed E-state index contributed by atoms with van der Waals surface area (Å²) in [4.78, 5) is 9.75. The molecule has 0 amide bonds. The third-order valence-corrected chi connectivity index (χ3v) is 21.9. The van der Waals surface area contributed by atoms with E-state index in [1.54, 1.807) is 51.7 Å². The summed E-state index contributed by atoms with van der Waals surface area (Å²) < 4.78 is 105. The first kappa shape index (κ1) is 120. The van der Waals surface area contributed by atoms with Gasteiger partial charge in [-0.3, -0.25) is 10.1 Å². The minimum Gasteiger partial charge on any atom is -0.497 e. The van der Waals surface area contributed by atoms with E-state index in [0.717, 1.165) is 77.1 Å². The van der Waals surface area contributed by atoms with Crippen molar-refractivity contribution < 1.29 is 60.1 Å². The average Bonchev–Trinajstić information content (AvgIpc) is 0.761. The molecule has 0 atom stereocenters. The third-order valence-electron chi connectivity index (χ3n) is 20.1. The zero-order valence-corrected chi connectivity index (χ0v) is 88.3. The van der Waals surface area contributed by atoms with Crippen LogP contribution in [0.1, 0.15) is 286 Å². The van der Waals surface area contributed by atoms with Crippen LogP contribution in [-0.2, 0) is 54.1 Å². The largest absolute Gasteiger partial charge is 0.497 e. The number of non-ortho nitro benzene ring substituents is 1. The van der Waals surface area contributed by atoms with Gasteiger partial charge in [-0.1, -0.05) is 332 Å². The molecule has 0 aliphatic heterocycles. The predicted octanol–water partition coefficient (Wildman–Crippen LogP) is 34.5. The summed E-state index contributed by atoms with van der Waals surface area (Å²) in [5.74, 6) is 2.06. The van der Waals surface area contributed by atoms with Crippen molar-refractivity contribution in [3.8, 4) is 28.7 Å².